The van der Waals surface area contributed by atoms with Crippen molar-refractivity contribution in [2.45, 2.75) is 38.6 Å². The molecule has 1 aliphatic rings. The molecule has 1 saturated heterocycles. The van der Waals surface area contributed by atoms with E-state index in [0.717, 1.165) is 5.75 Å². The van der Waals surface area contributed by atoms with Crippen LogP contribution in [0.2, 0.25) is 0 Å². The van der Waals surface area contributed by atoms with E-state index < -0.39 is 0 Å². The van der Waals surface area contributed by atoms with E-state index >= 15 is 0 Å². The van der Waals surface area contributed by atoms with Crippen molar-refractivity contribution in [1.82, 2.24) is 4.90 Å². The fraction of sp³-hybridized carbons (Fsp3) is 0.556. The van der Waals surface area contributed by atoms with Gasteiger partial charge in [0.25, 0.3) is 0 Å². The Labute approximate surface area is 133 Å². The van der Waals surface area contributed by atoms with Crippen molar-refractivity contribution in [2.75, 3.05) is 26.5 Å². The summed E-state index contributed by atoms with van der Waals surface area (Å²) in [7, 11) is 1.71. The van der Waals surface area contributed by atoms with E-state index in [0.29, 0.717) is 6.04 Å². The first kappa shape index (κ1) is 16.4. The molecule has 0 saturated carbocycles. The van der Waals surface area contributed by atoms with Crippen LogP contribution in [0.5, 0.6) is 5.75 Å². The van der Waals surface area contributed by atoms with Crippen LogP contribution in [0.15, 0.2) is 30.3 Å². The Morgan fingerprint density at radius 1 is 1.24 bits per heavy atom. The van der Waals surface area contributed by atoms with Crippen molar-refractivity contribution in [2.24, 2.45) is 0 Å². The van der Waals surface area contributed by atoms with Crippen LogP contribution in [0.4, 0.5) is 0 Å². The monoisotopic (exact) mass is 305 g/mol. The molecule has 1 heterocycles. The summed E-state index contributed by atoms with van der Waals surface area (Å²) in [5, 5.41) is 0. The van der Waals surface area contributed by atoms with Gasteiger partial charge in [0.05, 0.1) is 7.11 Å². The van der Waals surface area contributed by atoms with Gasteiger partial charge >= 0.3 is 0 Å². The Bertz CT molecular complexity index is 449. The molecule has 0 spiro atoms. The van der Waals surface area contributed by atoms with E-state index in [4.69, 9.17) is 4.74 Å². The van der Waals surface area contributed by atoms with Gasteiger partial charge in [0.15, 0.2) is 0 Å². The fourth-order valence-corrected chi connectivity index (χ4v) is 3.61. The number of methoxy groups -OCH3 is 1. The Morgan fingerprint density at radius 3 is 2.43 bits per heavy atom. The smallest absolute Gasteiger partial charge is 0.118 e. The number of piperidine rings is 1. The van der Waals surface area contributed by atoms with Gasteiger partial charge in [-0.15, -0.1) is 11.8 Å². The van der Waals surface area contributed by atoms with Gasteiger partial charge in [0, 0.05) is 10.9 Å². The zero-order valence-electron chi connectivity index (χ0n) is 13.5. The van der Waals surface area contributed by atoms with Crippen LogP contribution >= 0.6 is 11.8 Å². The molecule has 2 rings (SSSR count). The van der Waals surface area contributed by atoms with Crippen LogP contribution < -0.4 is 4.74 Å². The molecule has 0 aromatic heterocycles. The van der Waals surface area contributed by atoms with Crippen LogP contribution in [0.25, 0.3) is 4.91 Å². The lowest BCUT2D eigenvalue weighted by Crippen LogP contribution is -2.37. The number of hydrogen-bond donors (Lipinski definition) is 0. The largest absolute Gasteiger partial charge is 0.497 e. The van der Waals surface area contributed by atoms with E-state index in [2.05, 4.69) is 36.3 Å². The third-order valence-electron chi connectivity index (χ3n) is 4.22. The van der Waals surface area contributed by atoms with Crippen LogP contribution in [0, 0.1) is 0 Å². The van der Waals surface area contributed by atoms with E-state index in [1.165, 1.54) is 49.2 Å². The quantitative estimate of drug-likeness (QED) is 0.758. The topological polar surface area (TPSA) is 12.5 Å². The lowest BCUT2D eigenvalue weighted by molar-refractivity contribution is 0.187. The predicted octanol–water partition coefficient (Wildman–Crippen LogP) is 4.66. The predicted molar refractivity (Wildman–Crippen MR) is 94.0 cm³/mol. The maximum absolute atomic E-state index is 5.25. The maximum atomic E-state index is 5.25. The minimum absolute atomic E-state index is 0.565. The van der Waals surface area contributed by atoms with Crippen molar-refractivity contribution in [1.29, 1.82) is 0 Å². The summed E-state index contributed by atoms with van der Waals surface area (Å²) in [6.45, 7) is 4.79. The molecule has 21 heavy (non-hydrogen) atoms. The Morgan fingerprint density at radius 2 is 1.90 bits per heavy atom. The minimum atomic E-state index is 0.565. The van der Waals surface area contributed by atoms with Gasteiger partial charge in [-0.2, -0.15) is 0 Å². The highest BCUT2D eigenvalue weighted by atomic mass is 32.2. The first-order valence-corrected chi connectivity index (χ1v) is 9.15. The Kier molecular flexibility index (Phi) is 6.65. The molecule has 1 aromatic carbocycles. The zero-order chi connectivity index (χ0) is 15.1. The molecule has 3 heteroatoms. The average molecular weight is 305 g/mol. The van der Waals surface area contributed by atoms with Crippen LogP contribution in [-0.2, 0) is 0 Å². The van der Waals surface area contributed by atoms with Crippen molar-refractivity contribution in [3.05, 3.63) is 35.9 Å². The second-order valence-electron chi connectivity index (χ2n) is 5.54. The summed E-state index contributed by atoms with van der Waals surface area (Å²) in [4.78, 5) is 4.01. The normalized spacial score (nSPS) is 18.5. The van der Waals surface area contributed by atoms with Crippen molar-refractivity contribution < 1.29 is 4.74 Å². The van der Waals surface area contributed by atoms with Gasteiger partial charge in [-0.05, 0) is 56.3 Å². The molecule has 1 atom stereocenters. The minimum Gasteiger partial charge on any atom is -0.497 e. The fourth-order valence-electron chi connectivity index (χ4n) is 2.94. The lowest BCUT2D eigenvalue weighted by Gasteiger charge is -2.32. The van der Waals surface area contributed by atoms with Crippen molar-refractivity contribution in [3.63, 3.8) is 0 Å². The maximum Gasteiger partial charge on any atom is 0.118 e. The third-order valence-corrected chi connectivity index (χ3v) is 5.03. The summed E-state index contributed by atoms with van der Waals surface area (Å²) >= 11 is 1.84. The van der Waals surface area contributed by atoms with Gasteiger partial charge in [0.1, 0.15) is 5.75 Å². The molecule has 1 fully saturated rings. The number of ether oxygens (including phenoxy) is 1. The molecule has 0 amide bonds. The molecule has 1 unspecified atom stereocenters. The van der Waals surface area contributed by atoms with Gasteiger partial charge in [-0.3, -0.25) is 4.90 Å². The Hall–Kier alpha value is -0.930. The van der Waals surface area contributed by atoms with E-state index in [9.17, 15) is 0 Å². The van der Waals surface area contributed by atoms with E-state index in [1.807, 2.05) is 23.9 Å². The standard InChI is InChI=1S/C18H27NOS/c1-4-16(19-12-6-5-7-13-19)14-18(21-3)15-8-10-17(20-2)11-9-15/h8-11,14,16H,4-7,12-13H2,1-3H3/b18-14+. The van der Waals surface area contributed by atoms with E-state index in [1.54, 1.807) is 7.11 Å². The second kappa shape index (κ2) is 8.50. The number of benzene rings is 1. The van der Waals surface area contributed by atoms with Gasteiger partial charge in [-0.25, -0.2) is 0 Å². The first-order chi connectivity index (χ1) is 10.3. The summed E-state index contributed by atoms with van der Waals surface area (Å²) in [6.07, 6.45) is 9.89. The van der Waals surface area contributed by atoms with Gasteiger partial charge < -0.3 is 4.74 Å². The van der Waals surface area contributed by atoms with Crippen LogP contribution in [-0.4, -0.2) is 37.4 Å². The van der Waals surface area contributed by atoms with Crippen molar-refractivity contribution in [3.8, 4) is 5.75 Å². The van der Waals surface area contributed by atoms with Gasteiger partial charge in [-0.1, -0.05) is 31.6 Å². The average Bonchev–Trinajstić information content (AvgIpc) is 2.57. The summed E-state index contributed by atoms with van der Waals surface area (Å²) in [5.74, 6) is 0.919. The van der Waals surface area contributed by atoms with Gasteiger partial charge in [0.2, 0.25) is 0 Å². The highest BCUT2D eigenvalue weighted by Gasteiger charge is 2.18. The van der Waals surface area contributed by atoms with E-state index in [-0.39, 0.29) is 0 Å². The summed E-state index contributed by atoms with van der Waals surface area (Å²) < 4.78 is 5.25. The molecule has 0 N–H and O–H groups in total. The van der Waals surface area contributed by atoms with Crippen LogP contribution in [0.3, 0.4) is 0 Å². The molecular weight excluding hydrogens is 278 g/mol. The molecule has 0 bridgehead atoms. The second-order valence-corrected chi connectivity index (χ2v) is 6.38. The van der Waals surface area contributed by atoms with Crippen molar-refractivity contribution >= 4 is 16.7 Å². The molecule has 0 radical (unpaired) electrons. The molecule has 0 aliphatic carbocycles. The van der Waals surface area contributed by atoms with Crippen LogP contribution in [0.1, 0.15) is 38.2 Å². The summed E-state index contributed by atoms with van der Waals surface area (Å²) in [6, 6.07) is 8.96. The Balaban J connectivity index is 2.15. The number of nitrogens with zero attached hydrogens (tertiary/aromatic N) is 1. The zero-order valence-corrected chi connectivity index (χ0v) is 14.3. The highest BCUT2D eigenvalue weighted by molar-refractivity contribution is 8.07. The highest BCUT2D eigenvalue weighted by Crippen LogP contribution is 2.29. The molecule has 1 aliphatic heterocycles. The SMILES string of the molecule is CCC(/C=C(/SC)c1ccc(OC)cc1)N1CCCCC1. The number of thioether (sulfide) groups is 1. The first-order valence-electron chi connectivity index (χ1n) is 7.92. The molecular formula is C18H27NOS. The number of likely N-dealkylation sites (tertiary alicyclic amines) is 1. The molecule has 2 nitrogen and oxygen atoms in total. The molecule has 1 aromatic rings. The molecule has 116 valence electrons. The summed E-state index contributed by atoms with van der Waals surface area (Å²) in [5.41, 5.74) is 1.29. The number of hydrogen-bond acceptors (Lipinski definition) is 3. The number of rotatable bonds is 6. The third kappa shape index (κ3) is 4.52. The lowest BCUT2D eigenvalue weighted by atomic mass is 10.0.